The minimum absolute atomic E-state index is 0.0999. The van der Waals surface area contributed by atoms with Crippen LogP contribution in [0.3, 0.4) is 0 Å². The molecule has 0 aliphatic carbocycles. The van der Waals surface area contributed by atoms with Gasteiger partial charge in [0.1, 0.15) is 5.82 Å². The van der Waals surface area contributed by atoms with Crippen LogP contribution in [0, 0.1) is 5.82 Å². The third-order valence-corrected chi connectivity index (χ3v) is 2.04. The Bertz CT molecular complexity index is 308. The van der Waals surface area contributed by atoms with E-state index in [0.717, 1.165) is 5.56 Å². The third-order valence-electron chi connectivity index (χ3n) is 2.04. The second-order valence-corrected chi connectivity index (χ2v) is 3.45. The van der Waals surface area contributed by atoms with Crippen LogP contribution < -0.4 is 5.32 Å². The fourth-order valence-corrected chi connectivity index (χ4v) is 1.10. The summed E-state index contributed by atoms with van der Waals surface area (Å²) < 4.78 is 12.6. The molecule has 3 heteroatoms. The van der Waals surface area contributed by atoms with Gasteiger partial charge in [0, 0.05) is 12.6 Å². The largest absolute Gasteiger partial charge is 0.395 e. The van der Waals surface area contributed by atoms with Gasteiger partial charge in [0.05, 0.1) is 6.61 Å². The van der Waals surface area contributed by atoms with E-state index in [4.69, 9.17) is 5.11 Å². The molecule has 0 aliphatic heterocycles. The molecule has 0 bridgehead atoms. The highest BCUT2D eigenvalue weighted by Gasteiger charge is 1.94. The summed E-state index contributed by atoms with van der Waals surface area (Å²) in [6, 6.07) is 6.41. The zero-order chi connectivity index (χ0) is 11.1. The second-order valence-electron chi connectivity index (χ2n) is 3.45. The molecule has 1 unspecified atom stereocenters. The number of aliphatic hydroxyl groups is 1. The van der Waals surface area contributed by atoms with E-state index >= 15 is 0 Å². The topological polar surface area (TPSA) is 32.3 Å². The molecule has 1 aromatic carbocycles. The van der Waals surface area contributed by atoms with E-state index in [-0.39, 0.29) is 18.5 Å². The lowest BCUT2D eigenvalue weighted by Gasteiger charge is -2.06. The normalized spacial score (nSPS) is 13.3. The molecule has 15 heavy (non-hydrogen) atoms. The monoisotopic (exact) mass is 209 g/mol. The molecule has 0 aliphatic rings. The number of nitrogens with one attached hydrogen (secondary N) is 1. The molecular formula is C12H16FNO. The molecule has 0 amide bonds. The summed E-state index contributed by atoms with van der Waals surface area (Å²) in [5.74, 6) is -0.223. The highest BCUT2D eigenvalue weighted by atomic mass is 19.1. The summed E-state index contributed by atoms with van der Waals surface area (Å²) in [4.78, 5) is 0. The van der Waals surface area contributed by atoms with Crippen molar-refractivity contribution in [3.05, 3.63) is 41.7 Å². The summed E-state index contributed by atoms with van der Waals surface area (Å²) in [6.45, 7) is 2.73. The predicted octanol–water partition coefficient (Wildman–Crippen LogP) is 1.81. The van der Waals surface area contributed by atoms with Crippen molar-refractivity contribution >= 4 is 6.08 Å². The first kappa shape index (κ1) is 11.9. The van der Waals surface area contributed by atoms with Crippen LogP contribution >= 0.6 is 0 Å². The van der Waals surface area contributed by atoms with Gasteiger partial charge in [0.25, 0.3) is 0 Å². The molecular weight excluding hydrogens is 193 g/mol. The lowest BCUT2D eigenvalue weighted by molar-refractivity contribution is 0.255. The van der Waals surface area contributed by atoms with E-state index in [2.05, 4.69) is 5.32 Å². The lowest BCUT2D eigenvalue weighted by atomic mass is 10.2. The highest BCUT2D eigenvalue weighted by Crippen LogP contribution is 2.03. The van der Waals surface area contributed by atoms with Gasteiger partial charge in [-0.3, -0.25) is 0 Å². The van der Waals surface area contributed by atoms with Crippen molar-refractivity contribution in [1.82, 2.24) is 5.32 Å². The Morgan fingerprint density at radius 1 is 1.40 bits per heavy atom. The Morgan fingerprint density at radius 3 is 2.67 bits per heavy atom. The van der Waals surface area contributed by atoms with Gasteiger partial charge in [-0.25, -0.2) is 4.39 Å². The molecule has 1 rings (SSSR count). The van der Waals surface area contributed by atoms with Gasteiger partial charge >= 0.3 is 0 Å². The molecule has 2 N–H and O–H groups in total. The van der Waals surface area contributed by atoms with E-state index < -0.39 is 0 Å². The number of rotatable bonds is 5. The van der Waals surface area contributed by atoms with Crippen LogP contribution in [0.2, 0.25) is 0 Å². The molecule has 0 saturated heterocycles. The Kier molecular flexibility index (Phi) is 5.01. The smallest absolute Gasteiger partial charge is 0.123 e. The van der Waals surface area contributed by atoms with Gasteiger partial charge in [0.15, 0.2) is 0 Å². The van der Waals surface area contributed by atoms with Crippen LogP contribution in [0.5, 0.6) is 0 Å². The summed E-state index contributed by atoms with van der Waals surface area (Å²) in [6.07, 6.45) is 3.86. The first-order valence-electron chi connectivity index (χ1n) is 4.98. The maximum atomic E-state index is 12.6. The number of benzene rings is 1. The molecule has 0 saturated carbocycles. The summed E-state index contributed by atoms with van der Waals surface area (Å²) in [5.41, 5.74) is 0.967. The number of hydrogen-bond donors (Lipinski definition) is 2. The SMILES string of the molecule is CC(CO)NC/C=C/c1ccc(F)cc1. The Morgan fingerprint density at radius 2 is 2.07 bits per heavy atom. The molecule has 0 fully saturated rings. The average molecular weight is 209 g/mol. The van der Waals surface area contributed by atoms with Gasteiger partial charge < -0.3 is 10.4 Å². The van der Waals surface area contributed by atoms with Crippen molar-refractivity contribution < 1.29 is 9.50 Å². The minimum atomic E-state index is -0.223. The van der Waals surface area contributed by atoms with Crippen molar-refractivity contribution in [1.29, 1.82) is 0 Å². The molecule has 0 spiro atoms. The van der Waals surface area contributed by atoms with Crippen molar-refractivity contribution in [3.8, 4) is 0 Å². The zero-order valence-corrected chi connectivity index (χ0v) is 8.78. The van der Waals surface area contributed by atoms with E-state index in [0.29, 0.717) is 6.54 Å². The average Bonchev–Trinajstić information content (AvgIpc) is 2.26. The van der Waals surface area contributed by atoms with Crippen molar-refractivity contribution in [2.75, 3.05) is 13.2 Å². The van der Waals surface area contributed by atoms with Crippen LogP contribution in [-0.2, 0) is 0 Å². The third kappa shape index (κ3) is 4.72. The van der Waals surface area contributed by atoms with E-state index in [1.165, 1.54) is 12.1 Å². The zero-order valence-electron chi connectivity index (χ0n) is 8.78. The van der Waals surface area contributed by atoms with Gasteiger partial charge in [-0.1, -0.05) is 24.3 Å². The number of hydrogen-bond acceptors (Lipinski definition) is 2. The van der Waals surface area contributed by atoms with Crippen LogP contribution in [0.25, 0.3) is 6.08 Å². The Balaban J connectivity index is 2.35. The summed E-state index contributed by atoms with van der Waals surface area (Å²) >= 11 is 0. The highest BCUT2D eigenvalue weighted by molar-refractivity contribution is 5.48. The van der Waals surface area contributed by atoms with E-state index in [9.17, 15) is 4.39 Å². The van der Waals surface area contributed by atoms with Crippen LogP contribution in [-0.4, -0.2) is 24.3 Å². The maximum absolute atomic E-state index is 12.6. The molecule has 0 aromatic heterocycles. The number of halogens is 1. The van der Waals surface area contributed by atoms with E-state index in [1.54, 1.807) is 12.1 Å². The number of aliphatic hydroxyl groups excluding tert-OH is 1. The lowest BCUT2D eigenvalue weighted by Crippen LogP contribution is -2.29. The predicted molar refractivity (Wildman–Crippen MR) is 60.0 cm³/mol. The minimum Gasteiger partial charge on any atom is -0.395 e. The van der Waals surface area contributed by atoms with Gasteiger partial charge in [-0.15, -0.1) is 0 Å². The molecule has 0 radical (unpaired) electrons. The summed E-state index contributed by atoms with van der Waals surface area (Å²) in [7, 11) is 0. The quantitative estimate of drug-likeness (QED) is 0.775. The molecule has 0 heterocycles. The van der Waals surface area contributed by atoms with Gasteiger partial charge in [0.2, 0.25) is 0 Å². The first-order valence-corrected chi connectivity index (χ1v) is 4.98. The Labute approximate surface area is 89.4 Å². The molecule has 1 atom stereocenters. The van der Waals surface area contributed by atoms with Crippen LogP contribution in [0.1, 0.15) is 12.5 Å². The van der Waals surface area contributed by atoms with Crippen LogP contribution in [0.4, 0.5) is 4.39 Å². The van der Waals surface area contributed by atoms with Crippen molar-refractivity contribution in [3.63, 3.8) is 0 Å². The van der Waals surface area contributed by atoms with Gasteiger partial charge in [-0.05, 0) is 24.6 Å². The maximum Gasteiger partial charge on any atom is 0.123 e. The van der Waals surface area contributed by atoms with Crippen molar-refractivity contribution in [2.24, 2.45) is 0 Å². The van der Waals surface area contributed by atoms with Gasteiger partial charge in [-0.2, -0.15) is 0 Å². The molecule has 1 aromatic rings. The fraction of sp³-hybridized carbons (Fsp3) is 0.333. The fourth-order valence-electron chi connectivity index (χ4n) is 1.10. The first-order chi connectivity index (χ1) is 7.22. The Hall–Kier alpha value is -1.19. The molecule has 82 valence electrons. The van der Waals surface area contributed by atoms with Crippen molar-refractivity contribution in [2.45, 2.75) is 13.0 Å². The standard InChI is InChI=1S/C12H16FNO/c1-10(9-15)14-8-2-3-11-4-6-12(13)7-5-11/h2-7,10,14-15H,8-9H2,1H3/b3-2+. The molecule has 2 nitrogen and oxygen atoms in total. The van der Waals surface area contributed by atoms with E-state index in [1.807, 2.05) is 19.1 Å². The second kappa shape index (κ2) is 6.32. The summed E-state index contributed by atoms with van der Waals surface area (Å²) in [5, 5.41) is 11.9. The van der Waals surface area contributed by atoms with Crippen LogP contribution in [0.15, 0.2) is 30.3 Å².